The van der Waals surface area contributed by atoms with Gasteiger partial charge in [-0.25, -0.2) is 0 Å². The molecule has 1 aromatic carbocycles. The second-order valence-corrected chi connectivity index (χ2v) is 6.60. The molecule has 2 aliphatic rings. The van der Waals surface area contributed by atoms with Gasteiger partial charge in [0.1, 0.15) is 0 Å². The number of likely N-dealkylation sites (tertiary alicyclic amines) is 1. The average Bonchev–Trinajstić information content (AvgIpc) is 2.69. The molecule has 0 aromatic heterocycles. The molecule has 1 fully saturated rings. The van der Waals surface area contributed by atoms with Crippen LogP contribution in [0.1, 0.15) is 44.7 Å². The van der Waals surface area contributed by atoms with Crippen LogP contribution in [-0.2, 0) is 16.9 Å². The second-order valence-electron chi connectivity index (χ2n) is 6.60. The first-order chi connectivity index (χ1) is 8.51. The molecule has 1 saturated heterocycles. The van der Waals surface area contributed by atoms with Crippen molar-refractivity contribution in [3.63, 3.8) is 0 Å². The number of hydrogen-bond donors (Lipinski definition) is 0. The van der Waals surface area contributed by atoms with E-state index < -0.39 is 0 Å². The standard InChI is InChI=1S/C16H23NO/c1-15(2,3)17-10-8-16(9-11-17)14-7-5-4-6-13(14)12-18-16/h4-7H,8-12H2,1-3H3. The van der Waals surface area contributed by atoms with Crippen molar-refractivity contribution < 1.29 is 4.74 Å². The van der Waals surface area contributed by atoms with Crippen molar-refractivity contribution in [2.75, 3.05) is 13.1 Å². The lowest BCUT2D eigenvalue weighted by Gasteiger charge is -2.45. The van der Waals surface area contributed by atoms with Gasteiger partial charge in [0.2, 0.25) is 0 Å². The molecule has 3 rings (SSSR count). The van der Waals surface area contributed by atoms with E-state index in [9.17, 15) is 0 Å². The van der Waals surface area contributed by atoms with Crippen LogP contribution in [0.25, 0.3) is 0 Å². The van der Waals surface area contributed by atoms with Crippen LogP contribution >= 0.6 is 0 Å². The van der Waals surface area contributed by atoms with Crippen molar-refractivity contribution in [3.05, 3.63) is 35.4 Å². The van der Waals surface area contributed by atoms with Crippen molar-refractivity contribution in [1.29, 1.82) is 0 Å². The first-order valence-corrected chi connectivity index (χ1v) is 6.99. The maximum atomic E-state index is 6.19. The Balaban J connectivity index is 1.81. The third kappa shape index (κ3) is 1.88. The molecule has 0 bridgehead atoms. The Kier molecular flexibility index (Phi) is 2.76. The van der Waals surface area contributed by atoms with E-state index in [1.807, 2.05) is 0 Å². The molecule has 2 aliphatic heterocycles. The first-order valence-electron chi connectivity index (χ1n) is 6.99. The van der Waals surface area contributed by atoms with Gasteiger partial charge < -0.3 is 4.74 Å². The summed E-state index contributed by atoms with van der Waals surface area (Å²) in [5, 5.41) is 0. The summed E-state index contributed by atoms with van der Waals surface area (Å²) in [6, 6.07) is 8.73. The van der Waals surface area contributed by atoms with E-state index >= 15 is 0 Å². The highest BCUT2D eigenvalue weighted by Gasteiger charge is 2.43. The Bertz CT molecular complexity index is 439. The van der Waals surface area contributed by atoms with E-state index in [0.29, 0.717) is 0 Å². The minimum absolute atomic E-state index is 0.0122. The average molecular weight is 245 g/mol. The van der Waals surface area contributed by atoms with Gasteiger partial charge in [0.05, 0.1) is 12.2 Å². The van der Waals surface area contributed by atoms with Crippen LogP contribution < -0.4 is 0 Å². The molecular weight excluding hydrogens is 222 g/mol. The fraction of sp³-hybridized carbons (Fsp3) is 0.625. The van der Waals surface area contributed by atoms with Crippen LogP contribution in [0.15, 0.2) is 24.3 Å². The molecule has 2 nitrogen and oxygen atoms in total. The maximum absolute atomic E-state index is 6.19. The van der Waals surface area contributed by atoms with Crippen LogP contribution in [0.4, 0.5) is 0 Å². The van der Waals surface area contributed by atoms with Crippen LogP contribution in [-0.4, -0.2) is 23.5 Å². The van der Waals surface area contributed by atoms with Crippen LogP contribution in [0, 0.1) is 0 Å². The molecule has 1 aromatic rings. The van der Waals surface area contributed by atoms with E-state index in [1.165, 1.54) is 11.1 Å². The Labute approximate surface area is 110 Å². The van der Waals surface area contributed by atoms with Crippen molar-refractivity contribution in [2.24, 2.45) is 0 Å². The van der Waals surface area contributed by atoms with E-state index in [0.717, 1.165) is 32.5 Å². The molecule has 2 heteroatoms. The fourth-order valence-electron chi connectivity index (χ4n) is 3.34. The highest BCUT2D eigenvalue weighted by atomic mass is 16.5. The maximum Gasteiger partial charge on any atom is 0.0963 e. The van der Waals surface area contributed by atoms with E-state index in [-0.39, 0.29) is 11.1 Å². The molecule has 0 atom stereocenters. The second kappa shape index (κ2) is 4.07. The molecule has 0 aliphatic carbocycles. The largest absolute Gasteiger partial charge is 0.365 e. The topological polar surface area (TPSA) is 12.5 Å². The number of piperidine rings is 1. The van der Waals surface area contributed by atoms with Crippen LogP contribution in [0.2, 0.25) is 0 Å². The smallest absolute Gasteiger partial charge is 0.0963 e. The summed E-state index contributed by atoms with van der Waals surface area (Å²) in [6.07, 6.45) is 2.25. The minimum atomic E-state index is 0.0122. The van der Waals surface area contributed by atoms with Crippen molar-refractivity contribution in [3.8, 4) is 0 Å². The van der Waals surface area contributed by atoms with Gasteiger partial charge in [-0.15, -0.1) is 0 Å². The molecule has 98 valence electrons. The molecule has 0 unspecified atom stereocenters. The van der Waals surface area contributed by atoms with E-state index in [1.54, 1.807) is 0 Å². The predicted molar refractivity (Wildman–Crippen MR) is 73.5 cm³/mol. The van der Waals surface area contributed by atoms with Gasteiger partial charge >= 0.3 is 0 Å². The minimum Gasteiger partial charge on any atom is -0.365 e. The van der Waals surface area contributed by atoms with Gasteiger partial charge in [-0.1, -0.05) is 24.3 Å². The lowest BCUT2D eigenvalue weighted by atomic mass is 9.82. The highest BCUT2D eigenvalue weighted by Crippen LogP contribution is 2.44. The SMILES string of the molecule is CC(C)(C)N1CCC2(CC1)OCc1ccccc12. The monoisotopic (exact) mass is 245 g/mol. The van der Waals surface area contributed by atoms with E-state index in [4.69, 9.17) is 4.74 Å². The molecular formula is C16H23NO. The summed E-state index contributed by atoms with van der Waals surface area (Å²) < 4.78 is 6.19. The highest BCUT2D eigenvalue weighted by molar-refractivity contribution is 5.35. The summed E-state index contributed by atoms with van der Waals surface area (Å²) in [5.41, 5.74) is 3.12. The van der Waals surface area contributed by atoms with Gasteiger partial charge in [0.25, 0.3) is 0 Å². The zero-order valence-electron chi connectivity index (χ0n) is 11.7. The Hall–Kier alpha value is -0.860. The molecule has 0 radical (unpaired) electrons. The Morgan fingerprint density at radius 1 is 1.11 bits per heavy atom. The molecule has 0 saturated carbocycles. The van der Waals surface area contributed by atoms with Crippen molar-refractivity contribution in [2.45, 2.75) is 51.4 Å². The zero-order valence-corrected chi connectivity index (χ0v) is 11.7. The quantitative estimate of drug-likeness (QED) is 0.695. The molecule has 0 N–H and O–H groups in total. The molecule has 18 heavy (non-hydrogen) atoms. The Morgan fingerprint density at radius 2 is 1.78 bits per heavy atom. The first kappa shape index (κ1) is 12.2. The normalized spacial score (nSPS) is 23.3. The molecule has 2 heterocycles. The zero-order chi connectivity index (χ0) is 12.8. The number of nitrogens with zero attached hydrogens (tertiary/aromatic N) is 1. The number of hydrogen-bond acceptors (Lipinski definition) is 2. The lowest BCUT2D eigenvalue weighted by Crippen LogP contribution is -2.50. The summed E-state index contributed by atoms with van der Waals surface area (Å²) in [4.78, 5) is 2.57. The number of benzene rings is 1. The van der Waals surface area contributed by atoms with Crippen LogP contribution in [0.5, 0.6) is 0 Å². The third-order valence-corrected chi connectivity index (χ3v) is 4.53. The van der Waals surface area contributed by atoms with Gasteiger partial charge in [-0.3, -0.25) is 4.90 Å². The Morgan fingerprint density at radius 3 is 2.44 bits per heavy atom. The summed E-state index contributed by atoms with van der Waals surface area (Å²) in [7, 11) is 0. The lowest BCUT2D eigenvalue weighted by molar-refractivity contribution is -0.0903. The van der Waals surface area contributed by atoms with Crippen LogP contribution in [0.3, 0.4) is 0 Å². The van der Waals surface area contributed by atoms with Crippen molar-refractivity contribution >= 4 is 0 Å². The van der Waals surface area contributed by atoms with E-state index in [2.05, 4.69) is 49.9 Å². The number of fused-ring (bicyclic) bond motifs is 2. The fourth-order valence-corrected chi connectivity index (χ4v) is 3.34. The van der Waals surface area contributed by atoms with Gasteiger partial charge in [-0.05, 0) is 44.7 Å². The molecule has 1 spiro atoms. The van der Waals surface area contributed by atoms with Gasteiger partial charge in [0.15, 0.2) is 0 Å². The summed E-state index contributed by atoms with van der Waals surface area (Å²) >= 11 is 0. The predicted octanol–water partition coefficient (Wildman–Crippen LogP) is 3.31. The van der Waals surface area contributed by atoms with Gasteiger partial charge in [0, 0.05) is 18.6 Å². The number of rotatable bonds is 0. The third-order valence-electron chi connectivity index (χ3n) is 4.53. The number of ether oxygens (including phenoxy) is 1. The van der Waals surface area contributed by atoms with Crippen molar-refractivity contribution in [1.82, 2.24) is 4.90 Å². The molecule has 0 amide bonds. The van der Waals surface area contributed by atoms with Gasteiger partial charge in [-0.2, -0.15) is 0 Å². The summed E-state index contributed by atoms with van der Waals surface area (Å²) in [6.45, 7) is 9.97. The summed E-state index contributed by atoms with van der Waals surface area (Å²) in [5.74, 6) is 0.